The van der Waals surface area contributed by atoms with Gasteiger partial charge in [-0.2, -0.15) is 0 Å². The average molecular weight is 373 g/mol. The Morgan fingerprint density at radius 2 is 1.84 bits per heavy atom. The summed E-state index contributed by atoms with van der Waals surface area (Å²) in [5.41, 5.74) is 7.18. The van der Waals surface area contributed by atoms with E-state index in [0.29, 0.717) is 21.4 Å². The molecule has 0 atom stereocenters. The van der Waals surface area contributed by atoms with Crippen LogP contribution in [0, 0.1) is 0 Å². The maximum absolute atomic E-state index is 12.2. The predicted molar refractivity (Wildman–Crippen MR) is 99.8 cm³/mol. The van der Waals surface area contributed by atoms with Crippen LogP contribution in [0.4, 0.5) is 16.5 Å². The van der Waals surface area contributed by atoms with Crippen molar-refractivity contribution in [2.45, 2.75) is 0 Å². The van der Waals surface area contributed by atoms with Crippen LogP contribution in [0.3, 0.4) is 0 Å². The van der Waals surface area contributed by atoms with E-state index in [-0.39, 0.29) is 11.6 Å². The van der Waals surface area contributed by atoms with E-state index in [9.17, 15) is 9.59 Å². The molecule has 3 rings (SSSR count). The van der Waals surface area contributed by atoms with Crippen molar-refractivity contribution in [1.82, 2.24) is 4.98 Å². The summed E-state index contributed by atoms with van der Waals surface area (Å²) in [4.78, 5) is 27.5. The van der Waals surface area contributed by atoms with Crippen LogP contribution in [0.2, 0.25) is 5.02 Å². The van der Waals surface area contributed by atoms with Gasteiger partial charge in [0.15, 0.2) is 5.13 Å². The SMILES string of the molecule is NC(=O)c1ccc(NC(=O)c2csc(Nc3cccc(Cl)c3)n2)cc1. The molecule has 0 spiro atoms. The van der Waals surface area contributed by atoms with E-state index in [1.165, 1.54) is 11.3 Å². The molecule has 1 aromatic heterocycles. The molecule has 2 amide bonds. The fourth-order valence-electron chi connectivity index (χ4n) is 2.04. The Bertz CT molecular complexity index is 924. The van der Waals surface area contributed by atoms with Crippen molar-refractivity contribution in [3.05, 3.63) is 70.2 Å². The van der Waals surface area contributed by atoms with Gasteiger partial charge in [-0.1, -0.05) is 17.7 Å². The van der Waals surface area contributed by atoms with Gasteiger partial charge in [0.1, 0.15) is 5.69 Å². The van der Waals surface area contributed by atoms with Crippen LogP contribution in [0.25, 0.3) is 0 Å². The number of halogens is 1. The van der Waals surface area contributed by atoms with E-state index in [4.69, 9.17) is 17.3 Å². The van der Waals surface area contributed by atoms with Gasteiger partial charge in [-0.25, -0.2) is 4.98 Å². The predicted octanol–water partition coefficient (Wildman–Crippen LogP) is 3.89. The van der Waals surface area contributed by atoms with Gasteiger partial charge < -0.3 is 16.4 Å². The van der Waals surface area contributed by atoms with Gasteiger partial charge in [-0.15, -0.1) is 11.3 Å². The zero-order chi connectivity index (χ0) is 17.8. The molecular formula is C17H13ClN4O2S. The highest BCUT2D eigenvalue weighted by atomic mass is 35.5. The second-order valence-corrected chi connectivity index (χ2v) is 6.36. The quantitative estimate of drug-likeness (QED) is 0.632. The minimum absolute atomic E-state index is 0.286. The van der Waals surface area contributed by atoms with Crippen molar-refractivity contribution in [1.29, 1.82) is 0 Å². The monoisotopic (exact) mass is 372 g/mol. The van der Waals surface area contributed by atoms with E-state index in [2.05, 4.69) is 15.6 Å². The Morgan fingerprint density at radius 1 is 1.08 bits per heavy atom. The van der Waals surface area contributed by atoms with Gasteiger partial charge >= 0.3 is 0 Å². The van der Waals surface area contributed by atoms with Crippen LogP contribution >= 0.6 is 22.9 Å². The number of amides is 2. The first-order valence-corrected chi connectivity index (χ1v) is 8.46. The molecule has 0 radical (unpaired) electrons. The normalized spacial score (nSPS) is 10.3. The standard InChI is InChI=1S/C17H13ClN4O2S/c18-11-2-1-3-13(8-11)21-17-22-14(9-25-17)16(24)20-12-6-4-10(5-7-12)15(19)23/h1-9H,(H2,19,23)(H,20,24)(H,21,22). The highest BCUT2D eigenvalue weighted by molar-refractivity contribution is 7.14. The molecule has 0 aliphatic heterocycles. The van der Waals surface area contributed by atoms with Gasteiger partial charge in [0, 0.05) is 27.3 Å². The lowest BCUT2D eigenvalue weighted by Crippen LogP contribution is -2.13. The number of carbonyl (C=O) groups excluding carboxylic acids is 2. The fourth-order valence-corrected chi connectivity index (χ4v) is 2.94. The van der Waals surface area contributed by atoms with E-state index in [1.54, 1.807) is 41.8 Å². The highest BCUT2D eigenvalue weighted by Gasteiger charge is 2.12. The maximum atomic E-state index is 12.2. The van der Waals surface area contributed by atoms with Crippen LogP contribution in [-0.2, 0) is 0 Å². The maximum Gasteiger partial charge on any atom is 0.275 e. The lowest BCUT2D eigenvalue weighted by molar-refractivity contribution is 0.0998. The average Bonchev–Trinajstić information content (AvgIpc) is 3.04. The molecule has 0 bridgehead atoms. The Kier molecular flexibility index (Phi) is 4.97. The number of primary amides is 1. The van der Waals surface area contributed by atoms with Crippen molar-refractivity contribution < 1.29 is 9.59 Å². The minimum Gasteiger partial charge on any atom is -0.366 e. The Hall–Kier alpha value is -2.90. The Labute approximate surface area is 152 Å². The Morgan fingerprint density at radius 3 is 2.52 bits per heavy atom. The second-order valence-electron chi connectivity index (χ2n) is 5.07. The number of benzene rings is 2. The number of nitrogens with zero attached hydrogens (tertiary/aromatic N) is 1. The number of aromatic nitrogens is 1. The van der Waals surface area contributed by atoms with E-state index >= 15 is 0 Å². The van der Waals surface area contributed by atoms with Crippen LogP contribution < -0.4 is 16.4 Å². The first-order valence-electron chi connectivity index (χ1n) is 7.20. The molecule has 8 heteroatoms. The summed E-state index contributed by atoms with van der Waals surface area (Å²) in [6.07, 6.45) is 0. The summed E-state index contributed by atoms with van der Waals surface area (Å²) in [7, 11) is 0. The number of carbonyl (C=O) groups is 2. The van der Waals surface area contributed by atoms with Crippen molar-refractivity contribution in [2.24, 2.45) is 5.73 Å². The molecule has 0 aliphatic carbocycles. The topological polar surface area (TPSA) is 97.1 Å². The van der Waals surface area contributed by atoms with E-state index in [1.807, 2.05) is 12.1 Å². The molecule has 6 nitrogen and oxygen atoms in total. The first kappa shape index (κ1) is 16.9. The summed E-state index contributed by atoms with van der Waals surface area (Å²) in [6.45, 7) is 0. The van der Waals surface area contributed by atoms with Gasteiger partial charge in [0.2, 0.25) is 5.91 Å². The number of hydrogen-bond acceptors (Lipinski definition) is 5. The molecule has 0 saturated heterocycles. The molecule has 3 aromatic rings. The molecular weight excluding hydrogens is 360 g/mol. The van der Waals surface area contributed by atoms with Crippen LogP contribution in [0.15, 0.2) is 53.9 Å². The molecule has 25 heavy (non-hydrogen) atoms. The van der Waals surface area contributed by atoms with Gasteiger partial charge in [-0.05, 0) is 42.5 Å². The molecule has 0 unspecified atom stereocenters. The zero-order valence-corrected chi connectivity index (χ0v) is 14.4. The third-order valence-corrected chi connectivity index (χ3v) is 4.23. The summed E-state index contributed by atoms with van der Waals surface area (Å²) >= 11 is 7.25. The molecule has 0 fully saturated rings. The van der Waals surface area contributed by atoms with E-state index in [0.717, 1.165) is 5.69 Å². The number of anilines is 3. The second kappa shape index (κ2) is 7.33. The van der Waals surface area contributed by atoms with Gasteiger partial charge in [0.05, 0.1) is 0 Å². The van der Waals surface area contributed by atoms with Crippen LogP contribution in [0.1, 0.15) is 20.8 Å². The lowest BCUT2D eigenvalue weighted by atomic mass is 10.2. The third-order valence-electron chi connectivity index (χ3n) is 3.24. The molecule has 0 saturated carbocycles. The molecule has 0 aliphatic rings. The number of rotatable bonds is 5. The summed E-state index contributed by atoms with van der Waals surface area (Å²) in [5, 5.41) is 8.65. The molecule has 126 valence electrons. The summed E-state index contributed by atoms with van der Waals surface area (Å²) in [6, 6.07) is 13.5. The summed E-state index contributed by atoms with van der Waals surface area (Å²) in [5.74, 6) is -0.865. The van der Waals surface area contributed by atoms with Crippen molar-refractivity contribution in [3.63, 3.8) is 0 Å². The molecule has 4 N–H and O–H groups in total. The highest BCUT2D eigenvalue weighted by Crippen LogP contribution is 2.23. The first-order chi connectivity index (χ1) is 12.0. The van der Waals surface area contributed by atoms with Crippen LogP contribution in [-0.4, -0.2) is 16.8 Å². The third kappa shape index (κ3) is 4.34. The summed E-state index contributed by atoms with van der Waals surface area (Å²) < 4.78 is 0. The van der Waals surface area contributed by atoms with Crippen molar-refractivity contribution >= 4 is 51.3 Å². The molecule has 1 heterocycles. The van der Waals surface area contributed by atoms with Gasteiger partial charge in [0.25, 0.3) is 5.91 Å². The number of nitrogens with one attached hydrogen (secondary N) is 2. The number of hydrogen-bond donors (Lipinski definition) is 3. The zero-order valence-electron chi connectivity index (χ0n) is 12.8. The lowest BCUT2D eigenvalue weighted by Gasteiger charge is -2.04. The molecule has 2 aromatic carbocycles. The van der Waals surface area contributed by atoms with Gasteiger partial charge in [-0.3, -0.25) is 9.59 Å². The fraction of sp³-hybridized carbons (Fsp3) is 0. The van der Waals surface area contributed by atoms with Crippen LogP contribution in [0.5, 0.6) is 0 Å². The van der Waals surface area contributed by atoms with Crippen molar-refractivity contribution in [2.75, 3.05) is 10.6 Å². The number of thiazole rings is 1. The largest absolute Gasteiger partial charge is 0.366 e. The number of nitrogens with two attached hydrogens (primary N) is 1. The Balaban J connectivity index is 1.67. The minimum atomic E-state index is -0.519. The van der Waals surface area contributed by atoms with E-state index < -0.39 is 5.91 Å². The smallest absolute Gasteiger partial charge is 0.275 e. The van der Waals surface area contributed by atoms with Crippen molar-refractivity contribution in [3.8, 4) is 0 Å².